The quantitative estimate of drug-likeness (QED) is 0.863. The van der Waals surface area contributed by atoms with Gasteiger partial charge in [-0.3, -0.25) is 9.36 Å². The Bertz CT molecular complexity index is 802. The third-order valence-electron chi connectivity index (χ3n) is 3.20. The monoisotopic (exact) mass is 311 g/mol. The van der Waals surface area contributed by atoms with Crippen LogP contribution in [0.5, 0.6) is 0 Å². The number of carbonyl (C=O) groups is 1. The molecule has 0 aliphatic heterocycles. The molecule has 7 nitrogen and oxygen atoms in total. The standard InChI is InChI=1S/C13H17N3O4S/c1-4-15-10(18)9-7(2)6-21-11(9)16(13(15)20)12(19)14-8(3)5-17/h6,8,17H,4-5H2,1-3H3,(H,14,19)/t8-/m0/s1. The Morgan fingerprint density at radius 1 is 1.48 bits per heavy atom. The molecular weight excluding hydrogens is 294 g/mol. The van der Waals surface area contributed by atoms with Crippen molar-refractivity contribution in [3.63, 3.8) is 0 Å². The molecule has 0 saturated carbocycles. The van der Waals surface area contributed by atoms with Crippen molar-refractivity contribution in [2.75, 3.05) is 6.61 Å². The number of aliphatic hydroxyl groups excluding tert-OH is 1. The van der Waals surface area contributed by atoms with Gasteiger partial charge in [0, 0.05) is 6.54 Å². The minimum absolute atomic E-state index is 0.186. The zero-order chi connectivity index (χ0) is 15.7. The number of rotatable bonds is 3. The molecular formula is C13H17N3O4S. The summed E-state index contributed by atoms with van der Waals surface area (Å²) in [6.07, 6.45) is 0. The number of fused-ring (bicyclic) bond motifs is 1. The van der Waals surface area contributed by atoms with E-state index in [-0.39, 0.29) is 18.7 Å². The fraction of sp³-hybridized carbons (Fsp3) is 0.462. The van der Waals surface area contributed by atoms with Crippen LogP contribution in [-0.4, -0.2) is 32.9 Å². The van der Waals surface area contributed by atoms with E-state index >= 15 is 0 Å². The highest BCUT2D eigenvalue weighted by Gasteiger charge is 2.20. The number of thiophene rings is 1. The summed E-state index contributed by atoms with van der Waals surface area (Å²) in [5.74, 6) is 0. The molecule has 0 aliphatic carbocycles. The van der Waals surface area contributed by atoms with Crippen LogP contribution in [0.25, 0.3) is 10.2 Å². The van der Waals surface area contributed by atoms with Gasteiger partial charge in [0.1, 0.15) is 4.83 Å². The third kappa shape index (κ3) is 2.52. The fourth-order valence-electron chi connectivity index (χ4n) is 2.06. The van der Waals surface area contributed by atoms with Gasteiger partial charge in [0.2, 0.25) is 0 Å². The molecule has 2 rings (SSSR count). The zero-order valence-corrected chi connectivity index (χ0v) is 12.9. The Labute approximate surface area is 124 Å². The second kappa shape index (κ2) is 5.82. The van der Waals surface area contributed by atoms with Crippen molar-refractivity contribution in [1.29, 1.82) is 0 Å². The summed E-state index contributed by atoms with van der Waals surface area (Å²) < 4.78 is 2.00. The predicted molar refractivity (Wildman–Crippen MR) is 81.2 cm³/mol. The number of nitrogens with one attached hydrogen (secondary N) is 1. The van der Waals surface area contributed by atoms with E-state index in [1.165, 1.54) is 11.3 Å². The number of aliphatic hydroxyl groups is 1. The summed E-state index contributed by atoms with van der Waals surface area (Å²) in [6, 6.07) is -1.13. The lowest BCUT2D eigenvalue weighted by Crippen LogP contribution is -2.47. The average Bonchev–Trinajstić information content (AvgIpc) is 2.81. The van der Waals surface area contributed by atoms with E-state index in [9.17, 15) is 14.4 Å². The molecule has 0 radical (unpaired) electrons. The maximum atomic E-state index is 12.4. The maximum absolute atomic E-state index is 12.4. The Hall–Kier alpha value is -1.93. The lowest BCUT2D eigenvalue weighted by Gasteiger charge is -2.14. The Kier molecular flexibility index (Phi) is 4.29. The number of aromatic nitrogens is 2. The van der Waals surface area contributed by atoms with Gasteiger partial charge in [0.25, 0.3) is 5.56 Å². The highest BCUT2D eigenvalue weighted by atomic mass is 32.1. The van der Waals surface area contributed by atoms with Gasteiger partial charge in [-0.25, -0.2) is 14.2 Å². The van der Waals surface area contributed by atoms with Crippen molar-refractivity contribution < 1.29 is 9.90 Å². The molecule has 2 aromatic heterocycles. The van der Waals surface area contributed by atoms with Crippen molar-refractivity contribution in [1.82, 2.24) is 14.5 Å². The Morgan fingerprint density at radius 2 is 2.14 bits per heavy atom. The van der Waals surface area contributed by atoms with E-state index in [2.05, 4.69) is 5.32 Å². The first-order valence-corrected chi connectivity index (χ1v) is 7.45. The van der Waals surface area contributed by atoms with Crippen molar-refractivity contribution in [3.05, 3.63) is 31.8 Å². The molecule has 2 heterocycles. The topological polar surface area (TPSA) is 93.3 Å². The molecule has 0 unspecified atom stereocenters. The summed E-state index contributed by atoms with van der Waals surface area (Å²) >= 11 is 1.18. The summed E-state index contributed by atoms with van der Waals surface area (Å²) in [6.45, 7) is 5.01. The second-order valence-corrected chi connectivity index (χ2v) is 5.66. The zero-order valence-electron chi connectivity index (χ0n) is 12.0. The number of hydrogen-bond acceptors (Lipinski definition) is 5. The molecule has 114 valence electrons. The number of nitrogens with zero attached hydrogens (tertiary/aromatic N) is 2. The molecule has 0 aromatic carbocycles. The minimum Gasteiger partial charge on any atom is -0.394 e. The third-order valence-corrected chi connectivity index (χ3v) is 4.28. The molecule has 21 heavy (non-hydrogen) atoms. The molecule has 2 aromatic rings. The summed E-state index contributed by atoms with van der Waals surface area (Å²) in [5.41, 5.74) is -0.311. The van der Waals surface area contributed by atoms with Crippen LogP contribution < -0.4 is 16.6 Å². The lowest BCUT2D eigenvalue weighted by atomic mass is 10.2. The van der Waals surface area contributed by atoms with E-state index in [1.54, 1.807) is 26.2 Å². The normalized spacial score (nSPS) is 12.6. The Balaban J connectivity index is 2.76. The summed E-state index contributed by atoms with van der Waals surface area (Å²) in [5, 5.41) is 13.7. The van der Waals surface area contributed by atoms with Crippen LogP contribution in [0.15, 0.2) is 15.0 Å². The number of carbonyl (C=O) groups excluding carboxylic acids is 1. The van der Waals surface area contributed by atoms with Crippen molar-refractivity contribution in [3.8, 4) is 0 Å². The van der Waals surface area contributed by atoms with Gasteiger partial charge in [-0.2, -0.15) is 0 Å². The molecule has 1 atom stereocenters. The van der Waals surface area contributed by atoms with Gasteiger partial charge in [0.05, 0.1) is 18.0 Å². The van der Waals surface area contributed by atoms with Crippen LogP contribution >= 0.6 is 11.3 Å². The van der Waals surface area contributed by atoms with Crippen LogP contribution in [0.2, 0.25) is 0 Å². The van der Waals surface area contributed by atoms with Gasteiger partial charge in [-0.05, 0) is 31.7 Å². The van der Waals surface area contributed by atoms with Gasteiger partial charge < -0.3 is 10.4 Å². The van der Waals surface area contributed by atoms with Crippen molar-refractivity contribution in [2.24, 2.45) is 0 Å². The van der Waals surface area contributed by atoms with Crippen molar-refractivity contribution in [2.45, 2.75) is 33.4 Å². The van der Waals surface area contributed by atoms with Crippen molar-refractivity contribution >= 4 is 27.6 Å². The predicted octanol–water partition coefficient (Wildman–Crippen LogP) is 0.492. The SMILES string of the molecule is CCn1c(=O)c2c(C)csc2n(C(=O)N[C@@H](C)CO)c1=O. The molecule has 0 bridgehead atoms. The average molecular weight is 311 g/mol. The number of amides is 1. The van der Waals surface area contributed by atoms with Gasteiger partial charge in [-0.1, -0.05) is 0 Å². The van der Waals surface area contributed by atoms with Crippen LogP contribution in [0, 0.1) is 6.92 Å². The van der Waals surface area contributed by atoms with Crippen LogP contribution in [0.3, 0.4) is 0 Å². The van der Waals surface area contributed by atoms with Crippen LogP contribution in [-0.2, 0) is 6.54 Å². The maximum Gasteiger partial charge on any atom is 0.340 e. The molecule has 0 saturated heterocycles. The Morgan fingerprint density at radius 3 is 2.71 bits per heavy atom. The van der Waals surface area contributed by atoms with Crippen LogP contribution in [0.4, 0.5) is 4.79 Å². The van der Waals surface area contributed by atoms with E-state index < -0.39 is 17.8 Å². The molecule has 2 N–H and O–H groups in total. The summed E-state index contributed by atoms with van der Waals surface area (Å²) in [4.78, 5) is 37.3. The summed E-state index contributed by atoms with van der Waals surface area (Å²) in [7, 11) is 0. The highest BCUT2D eigenvalue weighted by molar-refractivity contribution is 7.17. The van der Waals surface area contributed by atoms with E-state index in [4.69, 9.17) is 5.11 Å². The van der Waals surface area contributed by atoms with Gasteiger partial charge in [0.15, 0.2) is 0 Å². The van der Waals surface area contributed by atoms with Gasteiger partial charge in [-0.15, -0.1) is 11.3 Å². The smallest absolute Gasteiger partial charge is 0.340 e. The van der Waals surface area contributed by atoms with Crippen LogP contribution in [0.1, 0.15) is 19.4 Å². The largest absolute Gasteiger partial charge is 0.394 e. The van der Waals surface area contributed by atoms with E-state index in [1.807, 2.05) is 0 Å². The molecule has 0 spiro atoms. The number of aryl methyl sites for hydroxylation is 1. The first-order chi connectivity index (χ1) is 9.92. The fourth-order valence-corrected chi connectivity index (χ4v) is 3.10. The first kappa shape index (κ1) is 15.5. The molecule has 0 fully saturated rings. The van der Waals surface area contributed by atoms with Gasteiger partial charge >= 0.3 is 11.7 Å². The number of hydrogen-bond donors (Lipinski definition) is 2. The molecule has 0 aliphatic rings. The van der Waals surface area contributed by atoms with E-state index in [0.29, 0.717) is 10.2 Å². The van der Waals surface area contributed by atoms with E-state index in [0.717, 1.165) is 14.7 Å². The molecule has 8 heteroatoms. The minimum atomic E-state index is -0.667. The lowest BCUT2D eigenvalue weighted by molar-refractivity contribution is 0.221. The second-order valence-electron chi connectivity index (χ2n) is 4.80. The molecule has 1 amide bonds. The first-order valence-electron chi connectivity index (χ1n) is 6.57. The highest BCUT2D eigenvalue weighted by Crippen LogP contribution is 2.20.